The van der Waals surface area contributed by atoms with Crippen molar-refractivity contribution in [2.24, 2.45) is 0 Å². The Morgan fingerprint density at radius 2 is 0.895 bits per heavy atom. The van der Waals surface area contributed by atoms with Crippen LogP contribution in [0.2, 0.25) is 0 Å². The molecule has 0 aromatic heterocycles. The molecule has 0 aliphatic rings. The summed E-state index contributed by atoms with van der Waals surface area (Å²) in [6.07, 6.45) is 0. The zero-order chi connectivity index (χ0) is 27.9. The zero-order valence-corrected chi connectivity index (χ0v) is 24.0. The van der Waals surface area contributed by atoms with Crippen LogP contribution in [-0.4, -0.2) is 36.4 Å². The van der Waals surface area contributed by atoms with Gasteiger partial charge in [-0.3, -0.25) is 0 Å². The number of hydrogen-bond acceptors (Lipinski definition) is 6. The molecule has 0 atom stereocenters. The van der Waals surface area contributed by atoms with E-state index in [4.69, 9.17) is 18.9 Å². The van der Waals surface area contributed by atoms with E-state index < -0.39 is 23.1 Å². The molecule has 0 fully saturated rings. The normalized spacial score (nSPS) is 11.7. The fourth-order valence-electron chi connectivity index (χ4n) is 3.45. The van der Waals surface area contributed by atoms with Crippen LogP contribution in [0.3, 0.4) is 0 Å². The highest BCUT2D eigenvalue weighted by molar-refractivity contribution is 7.97. The van der Waals surface area contributed by atoms with Gasteiger partial charge in [-0.1, -0.05) is 17.7 Å². The smallest absolute Gasteiger partial charge is 0.344 e. The van der Waals surface area contributed by atoms with Crippen molar-refractivity contribution in [3.8, 4) is 11.5 Å². The van der Waals surface area contributed by atoms with Crippen LogP contribution in [-0.2, 0) is 30.0 Å². The van der Waals surface area contributed by atoms with Gasteiger partial charge in [0.1, 0.15) is 22.7 Å². The predicted octanol–water partition coefficient (Wildman–Crippen LogP) is 6.53. The maximum absolute atomic E-state index is 12.0. The van der Waals surface area contributed by atoms with Crippen LogP contribution in [0.15, 0.2) is 87.5 Å². The van der Waals surface area contributed by atoms with Crippen LogP contribution in [0.5, 0.6) is 11.5 Å². The molecule has 3 aromatic rings. The van der Waals surface area contributed by atoms with Gasteiger partial charge in [0.15, 0.2) is 27.9 Å². The molecule has 0 heterocycles. The van der Waals surface area contributed by atoms with Crippen LogP contribution in [0.25, 0.3) is 0 Å². The van der Waals surface area contributed by atoms with E-state index in [1.807, 2.05) is 90.1 Å². The highest BCUT2D eigenvalue weighted by Crippen LogP contribution is 2.33. The Morgan fingerprint density at radius 1 is 0.579 bits per heavy atom. The lowest BCUT2D eigenvalue weighted by atomic mass is 10.2. The van der Waals surface area contributed by atoms with Crippen LogP contribution >= 0.6 is 0 Å². The third-order valence-electron chi connectivity index (χ3n) is 4.93. The summed E-state index contributed by atoms with van der Waals surface area (Å²) in [4.78, 5) is 27.4. The summed E-state index contributed by atoms with van der Waals surface area (Å²) < 4.78 is 21.9. The first kappa shape index (κ1) is 29.1. The van der Waals surface area contributed by atoms with Crippen LogP contribution in [0.1, 0.15) is 47.1 Å². The second-order valence-electron chi connectivity index (χ2n) is 10.8. The molecule has 38 heavy (non-hydrogen) atoms. The molecule has 0 aliphatic heterocycles. The largest absolute Gasteiger partial charge is 0.482 e. The molecule has 0 spiro atoms. The predicted molar refractivity (Wildman–Crippen MR) is 149 cm³/mol. The third-order valence-corrected chi connectivity index (χ3v) is 7.16. The van der Waals surface area contributed by atoms with Crippen LogP contribution in [0, 0.1) is 6.92 Å². The van der Waals surface area contributed by atoms with Crippen molar-refractivity contribution in [1.82, 2.24) is 0 Å². The molecule has 3 rings (SSSR count). The molecule has 0 amide bonds. The number of benzene rings is 3. The van der Waals surface area contributed by atoms with Gasteiger partial charge in [-0.2, -0.15) is 0 Å². The Labute approximate surface area is 228 Å². The van der Waals surface area contributed by atoms with Gasteiger partial charge < -0.3 is 18.9 Å². The van der Waals surface area contributed by atoms with E-state index in [-0.39, 0.29) is 24.1 Å². The SMILES string of the molecule is Cc1ccc([S+](c2ccc(OCC(=O)OC(C)(C)C)cc2)c2ccc(OCC(=O)OC(C)(C)C)cc2)cc1. The Kier molecular flexibility index (Phi) is 9.50. The number of ether oxygens (including phenoxy) is 4. The Balaban J connectivity index is 1.76. The molecule has 0 saturated carbocycles. The standard InChI is InChI=1S/C31H37O6S/c1-22-8-14-25(15-9-22)38(26-16-10-23(11-17-26)34-20-28(32)36-30(2,3)4)27-18-12-24(13-19-27)35-21-29(33)37-31(5,6)7/h8-19H,20-21H2,1-7H3/q+1. The lowest BCUT2D eigenvalue weighted by Crippen LogP contribution is -2.27. The number of aryl methyl sites for hydroxylation is 1. The van der Waals surface area contributed by atoms with E-state index in [1.54, 1.807) is 0 Å². The molecule has 0 N–H and O–H groups in total. The number of carbonyl (C=O) groups is 2. The molecular formula is C31H37O6S+. The van der Waals surface area contributed by atoms with E-state index in [1.165, 1.54) is 10.5 Å². The fraction of sp³-hybridized carbons (Fsp3) is 0.355. The first-order valence-corrected chi connectivity index (χ1v) is 13.7. The summed E-state index contributed by atoms with van der Waals surface area (Å²) in [6.45, 7) is 12.7. The van der Waals surface area contributed by atoms with Gasteiger partial charge >= 0.3 is 11.9 Å². The van der Waals surface area contributed by atoms with E-state index in [0.29, 0.717) is 11.5 Å². The maximum Gasteiger partial charge on any atom is 0.344 e. The summed E-state index contributed by atoms with van der Waals surface area (Å²) in [5, 5.41) is 0. The number of hydrogen-bond donors (Lipinski definition) is 0. The van der Waals surface area contributed by atoms with Gasteiger partial charge in [-0.05, 0) is 109 Å². The Bertz CT molecular complexity index is 1130. The molecule has 3 aromatic carbocycles. The average Bonchev–Trinajstić information content (AvgIpc) is 2.82. The first-order valence-electron chi connectivity index (χ1n) is 12.5. The molecule has 0 bridgehead atoms. The quantitative estimate of drug-likeness (QED) is 0.228. The van der Waals surface area contributed by atoms with Crippen molar-refractivity contribution in [2.45, 2.75) is 74.4 Å². The van der Waals surface area contributed by atoms with Crippen molar-refractivity contribution in [3.63, 3.8) is 0 Å². The molecule has 0 aliphatic carbocycles. The van der Waals surface area contributed by atoms with Gasteiger partial charge in [0.05, 0.1) is 10.9 Å². The minimum atomic E-state index is -0.553. The van der Waals surface area contributed by atoms with Crippen molar-refractivity contribution >= 4 is 22.8 Å². The molecule has 202 valence electrons. The Hall–Kier alpha value is -3.45. The first-order chi connectivity index (χ1) is 17.8. The number of esters is 2. The second kappa shape index (κ2) is 12.4. The summed E-state index contributed by atoms with van der Waals surface area (Å²) in [5.74, 6) is 0.376. The zero-order valence-electron chi connectivity index (χ0n) is 23.2. The van der Waals surface area contributed by atoms with Crippen molar-refractivity contribution in [3.05, 3.63) is 78.4 Å². The molecule has 6 nitrogen and oxygen atoms in total. The van der Waals surface area contributed by atoms with Crippen LogP contribution in [0.4, 0.5) is 0 Å². The van der Waals surface area contributed by atoms with Crippen molar-refractivity contribution < 1.29 is 28.5 Å². The van der Waals surface area contributed by atoms with E-state index in [0.717, 1.165) is 9.79 Å². The summed E-state index contributed by atoms with van der Waals surface area (Å²) >= 11 is 0. The maximum atomic E-state index is 12.0. The lowest BCUT2D eigenvalue weighted by Gasteiger charge is -2.19. The molecule has 0 unspecified atom stereocenters. The van der Waals surface area contributed by atoms with Gasteiger partial charge in [-0.15, -0.1) is 0 Å². The monoisotopic (exact) mass is 537 g/mol. The highest BCUT2D eigenvalue weighted by atomic mass is 32.2. The fourth-order valence-corrected chi connectivity index (χ4v) is 5.49. The number of carbonyl (C=O) groups excluding carboxylic acids is 2. The molecule has 7 heteroatoms. The summed E-state index contributed by atoms with van der Waals surface area (Å²) in [5.41, 5.74) is 0.0838. The van der Waals surface area contributed by atoms with Crippen LogP contribution < -0.4 is 9.47 Å². The molecular weight excluding hydrogens is 500 g/mol. The van der Waals surface area contributed by atoms with E-state index >= 15 is 0 Å². The average molecular weight is 538 g/mol. The summed E-state index contributed by atoms with van der Waals surface area (Å²) in [7, 11) is -0.386. The Morgan fingerprint density at radius 3 is 1.21 bits per heavy atom. The molecule has 0 radical (unpaired) electrons. The minimum absolute atomic E-state index is 0.148. The number of rotatable bonds is 9. The molecule has 0 saturated heterocycles. The van der Waals surface area contributed by atoms with Crippen molar-refractivity contribution in [1.29, 1.82) is 0 Å². The highest BCUT2D eigenvalue weighted by Gasteiger charge is 2.29. The minimum Gasteiger partial charge on any atom is -0.482 e. The van der Waals surface area contributed by atoms with Gasteiger partial charge in [0.2, 0.25) is 0 Å². The van der Waals surface area contributed by atoms with Crippen molar-refractivity contribution in [2.75, 3.05) is 13.2 Å². The summed E-state index contributed by atoms with van der Waals surface area (Å²) in [6, 6.07) is 24.0. The second-order valence-corrected chi connectivity index (χ2v) is 12.8. The van der Waals surface area contributed by atoms with E-state index in [2.05, 4.69) is 31.2 Å². The third kappa shape index (κ3) is 9.45. The van der Waals surface area contributed by atoms with Gasteiger partial charge in [0, 0.05) is 0 Å². The van der Waals surface area contributed by atoms with Gasteiger partial charge in [0.25, 0.3) is 0 Å². The topological polar surface area (TPSA) is 71.1 Å². The van der Waals surface area contributed by atoms with Gasteiger partial charge in [-0.25, -0.2) is 9.59 Å². The van der Waals surface area contributed by atoms with E-state index in [9.17, 15) is 9.59 Å². The lowest BCUT2D eigenvalue weighted by molar-refractivity contribution is -0.158.